The van der Waals surface area contributed by atoms with Crippen LogP contribution in [0.3, 0.4) is 0 Å². The summed E-state index contributed by atoms with van der Waals surface area (Å²) in [4.78, 5) is 17.8. The Morgan fingerprint density at radius 2 is 2.04 bits per heavy atom. The molecule has 1 aliphatic rings. The monoisotopic (exact) mass is 393 g/mol. The zero-order valence-electron chi connectivity index (χ0n) is 17.4. The lowest BCUT2D eigenvalue weighted by Crippen LogP contribution is -2.46. The van der Waals surface area contributed by atoms with Crippen molar-refractivity contribution in [1.29, 1.82) is 0 Å². The van der Waals surface area contributed by atoms with E-state index in [-0.39, 0.29) is 28.4 Å². The Balaban J connectivity index is 2.29. The number of aryl methyl sites for hydroxylation is 1. The summed E-state index contributed by atoms with van der Waals surface area (Å²) in [5.41, 5.74) is 1.49. The summed E-state index contributed by atoms with van der Waals surface area (Å²) in [7, 11) is 0. The van der Waals surface area contributed by atoms with Crippen molar-refractivity contribution >= 4 is 28.3 Å². The topological polar surface area (TPSA) is 68.0 Å². The molecule has 2 rings (SSSR count). The molecule has 1 saturated heterocycles. The molecule has 27 heavy (non-hydrogen) atoms. The molecule has 6 nitrogen and oxygen atoms in total. The van der Waals surface area contributed by atoms with Crippen LogP contribution in [0.2, 0.25) is 0 Å². The quantitative estimate of drug-likeness (QED) is 0.493. The predicted molar refractivity (Wildman–Crippen MR) is 113 cm³/mol. The molecular weight excluding hydrogens is 362 g/mol. The minimum Gasteiger partial charge on any atom is -0.371 e. The maximum absolute atomic E-state index is 11.0. The minimum atomic E-state index is -0.374. The van der Waals surface area contributed by atoms with Gasteiger partial charge in [0.25, 0.3) is 5.69 Å². The molecule has 0 amide bonds. The summed E-state index contributed by atoms with van der Waals surface area (Å²) in [6.45, 7) is 15.5. The van der Waals surface area contributed by atoms with Gasteiger partial charge < -0.3 is 9.64 Å². The number of aliphatic imine (C=N–C) groups is 1. The van der Waals surface area contributed by atoms with Crippen molar-refractivity contribution in [1.82, 2.24) is 4.90 Å². The standard InChI is InChI=1S/C20H31N3O3S/c1-13(2)11-22-18(15(4)26-20(5,6)7)12-27-19(22)21-17-9-8-16(23(24)25)10-14(17)3/h8-10,13,15,18H,11-12H2,1-7H3/t15-,18-/m1/s1. The van der Waals surface area contributed by atoms with Crippen LogP contribution in [-0.2, 0) is 4.74 Å². The molecule has 0 bridgehead atoms. The summed E-state index contributed by atoms with van der Waals surface area (Å²) >= 11 is 1.73. The van der Waals surface area contributed by atoms with Crippen molar-refractivity contribution in [3.63, 3.8) is 0 Å². The van der Waals surface area contributed by atoms with Gasteiger partial charge in [-0.25, -0.2) is 4.99 Å². The fraction of sp³-hybridized carbons (Fsp3) is 0.650. The third kappa shape index (κ3) is 5.94. The van der Waals surface area contributed by atoms with E-state index in [2.05, 4.69) is 46.4 Å². The van der Waals surface area contributed by atoms with Crippen molar-refractivity contribution < 1.29 is 9.66 Å². The average Bonchev–Trinajstić information content (AvgIpc) is 2.89. The first-order chi connectivity index (χ1) is 12.5. The van der Waals surface area contributed by atoms with Crippen molar-refractivity contribution in [2.75, 3.05) is 12.3 Å². The normalized spacial score (nSPS) is 20.5. The lowest BCUT2D eigenvalue weighted by Gasteiger charge is -2.35. The SMILES string of the molecule is Cc1cc([N+](=O)[O-])ccc1N=C1SC[C@H]([C@@H](C)OC(C)(C)C)N1CC(C)C. The molecule has 0 unspecified atom stereocenters. The molecule has 1 fully saturated rings. The van der Waals surface area contributed by atoms with Crippen molar-refractivity contribution in [2.45, 2.75) is 66.2 Å². The van der Waals surface area contributed by atoms with Crippen LogP contribution in [-0.4, -0.2) is 45.0 Å². The number of amidine groups is 1. The van der Waals surface area contributed by atoms with E-state index >= 15 is 0 Å². The molecule has 0 aromatic heterocycles. The van der Waals surface area contributed by atoms with E-state index in [0.717, 1.165) is 28.7 Å². The number of thioether (sulfide) groups is 1. The largest absolute Gasteiger partial charge is 0.371 e. The van der Waals surface area contributed by atoms with Crippen LogP contribution >= 0.6 is 11.8 Å². The van der Waals surface area contributed by atoms with Gasteiger partial charge in [-0.15, -0.1) is 0 Å². The number of benzene rings is 1. The van der Waals surface area contributed by atoms with Crippen LogP contribution in [0.15, 0.2) is 23.2 Å². The summed E-state index contributed by atoms with van der Waals surface area (Å²) in [5, 5.41) is 11.9. The first kappa shape index (κ1) is 21.7. The molecule has 0 radical (unpaired) electrons. The Labute approximate surface area is 166 Å². The van der Waals surface area contributed by atoms with Gasteiger partial charge in [0.1, 0.15) is 0 Å². The zero-order chi connectivity index (χ0) is 20.4. The molecule has 1 heterocycles. The highest BCUT2D eigenvalue weighted by Gasteiger charge is 2.36. The van der Waals surface area contributed by atoms with E-state index in [4.69, 9.17) is 9.73 Å². The van der Waals surface area contributed by atoms with E-state index in [0.29, 0.717) is 5.92 Å². The second kappa shape index (κ2) is 8.61. The van der Waals surface area contributed by atoms with E-state index in [1.165, 1.54) is 6.07 Å². The van der Waals surface area contributed by atoms with Crippen LogP contribution < -0.4 is 0 Å². The number of non-ortho nitro benzene ring substituents is 1. The smallest absolute Gasteiger partial charge is 0.269 e. The third-order valence-electron chi connectivity index (χ3n) is 4.28. The van der Waals surface area contributed by atoms with Crippen molar-refractivity contribution in [3.8, 4) is 0 Å². The van der Waals surface area contributed by atoms with Crippen LogP contribution in [0.1, 0.15) is 47.1 Å². The van der Waals surface area contributed by atoms with Crippen LogP contribution in [0, 0.1) is 23.0 Å². The Kier molecular flexibility index (Phi) is 6.92. The molecule has 0 aliphatic carbocycles. The van der Waals surface area contributed by atoms with Gasteiger partial charge in [-0.05, 0) is 52.2 Å². The Hall–Kier alpha value is -1.60. The van der Waals surface area contributed by atoms with Gasteiger partial charge >= 0.3 is 0 Å². The number of rotatable bonds is 6. The Morgan fingerprint density at radius 3 is 2.56 bits per heavy atom. The third-order valence-corrected chi connectivity index (χ3v) is 5.37. The van der Waals surface area contributed by atoms with Crippen molar-refractivity contribution in [2.24, 2.45) is 10.9 Å². The lowest BCUT2D eigenvalue weighted by molar-refractivity contribution is -0.384. The van der Waals surface area contributed by atoms with Gasteiger partial charge in [-0.2, -0.15) is 0 Å². The fourth-order valence-corrected chi connectivity index (χ4v) is 4.49. The number of nitro benzene ring substituents is 1. The first-order valence-corrected chi connectivity index (χ1v) is 10.4. The zero-order valence-corrected chi connectivity index (χ0v) is 18.2. The molecule has 1 aromatic carbocycles. The molecule has 0 saturated carbocycles. The second-order valence-electron chi connectivity index (χ2n) is 8.48. The van der Waals surface area contributed by atoms with E-state index in [9.17, 15) is 10.1 Å². The van der Waals surface area contributed by atoms with Crippen LogP contribution in [0.5, 0.6) is 0 Å². The van der Waals surface area contributed by atoms with Gasteiger partial charge in [0.15, 0.2) is 5.17 Å². The highest BCUT2D eigenvalue weighted by atomic mass is 32.2. The van der Waals surface area contributed by atoms with E-state index < -0.39 is 0 Å². The molecule has 150 valence electrons. The molecular formula is C20H31N3O3S. The van der Waals surface area contributed by atoms with Crippen LogP contribution in [0.4, 0.5) is 11.4 Å². The summed E-state index contributed by atoms with van der Waals surface area (Å²) < 4.78 is 6.21. The van der Waals surface area contributed by atoms with Gasteiger partial charge in [-0.1, -0.05) is 25.6 Å². The Morgan fingerprint density at radius 1 is 1.37 bits per heavy atom. The number of hydrogen-bond acceptors (Lipinski definition) is 5. The predicted octanol–water partition coefficient (Wildman–Crippen LogP) is 5.17. The molecule has 1 aliphatic heterocycles. The average molecular weight is 394 g/mol. The molecule has 7 heteroatoms. The molecule has 1 aromatic rings. The summed E-state index contributed by atoms with van der Waals surface area (Å²) in [5.74, 6) is 1.42. The minimum absolute atomic E-state index is 0.0851. The fourth-order valence-electron chi connectivity index (χ4n) is 3.18. The molecule has 2 atom stereocenters. The lowest BCUT2D eigenvalue weighted by atomic mass is 10.1. The number of nitrogens with zero attached hydrogens (tertiary/aromatic N) is 3. The molecule has 0 spiro atoms. The number of ether oxygens (including phenoxy) is 1. The molecule has 0 N–H and O–H groups in total. The van der Waals surface area contributed by atoms with Gasteiger partial charge in [0.2, 0.25) is 0 Å². The summed E-state index contributed by atoms with van der Waals surface area (Å²) in [6.07, 6.45) is 0.0851. The second-order valence-corrected chi connectivity index (χ2v) is 9.47. The van der Waals surface area contributed by atoms with Gasteiger partial charge in [-0.3, -0.25) is 10.1 Å². The highest BCUT2D eigenvalue weighted by molar-refractivity contribution is 8.14. The number of hydrogen-bond donors (Lipinski definition) is 0. The first-order valence-electron chi connectivity index (χ1n) is 9.39. The maximum atomic E-state index is 11.0. The number of nitro groups is 1. The van der Waals surface area contributed by atoms with Gasteiger partial charge in [0.05, 0.1) is 28.4 Å². The van der Waals surface area contributed by atoms with E-state index in [1.54, 1.807) is 23.9 Å². The van der Waals surface area contributed by atoms with E-state index in [1.807, 2.05) is 6.92 Å². The van der Waals surface area contributed by atoms with Crippen LogP contribution in [0.25, 0.3) is 0 Å². The van der Waals surface area contributed by atoms with Gasteiger partial charge in [0, 0.05) is 24.4 Å². The highest BCUT2D eigenvalue weighted by Crippen LogP contribution is 2.33. The Bertz CT molecular complexity index is 713. The maximum Gasteiger partial charge on any atom is 0.269 e. The summed E-state index contributed by atoms with van der Waals surface area (Å²) in [6, 6.07) is 5.08. The van der Waals surface area contributed by atoms with Crippen molar-refractivity contribution in [3.05, 3.63) is 33.9 Å².